The van der Waals surface area contributed by atoms with Crippen LogP contribution >= 0.6 is 0 Å². The smallest absolute Gasteiger partial charge is 0.342 e. The molecule has 2 aromatic heterocycles. The van der Waals surface area contributed by atoms with E-state index in [1.807, 2.05) is 6.92 Å². The maximum Gasteiger partial charge on any atom is 0.342 e. The zero-order chi connectivity index (χ0) is 17.7. The number of nitrogens with one attached hydrogen (secondary N) is 1. The van der Waals surface area contributed by atoms with E-state index in [0.717, 1.165) is 18.6 Å². The number of pyridine rings is 1. The van der Waals surface area contributed by atoms with Crippen LogP contribution < -0.4 is 5.43 Å². The zero-order valence-electron chi connectivity index (χ0n) is 14.9. The first-order valence-corrected chi connectivity index (χ1v) is 8.29. The van der Waals surface area contributed by atoms with Gasteiger partial charge in [0.25, 0.3) is 0 Å². The highest BCUT2D eigenvalue weighted by Crippen LogP contribution is 2.26. The van der Waals surface area contributed by atoms with E-state index in [-0.39, 0.29) is 0 Å². The minimum Gasteiger partial charge on any atom is -0.462 e. The maximum atomic E-state index is 12.3. The van der Waals surface area contributed by atoms with E-state index in [2.05, 4.69) is 39.7 Å². The number of aryl methyl sites for hydroxylation is 2. The maximum absolute atomic E-state index is 12.3. The Bertz CT molecular complexity index is 760. The third-order valence-electron chi connectivity index (χ3n) is 3.75. The monoisotopic (exact) mass is 332 g/mol. The van der Waals surface area contributed by atoms with Gasteiger partial charge in [0.05, 0.1) is 12.3 Å². The van der Waals surface area contributed by atoms with Crippen LogP contribution in [0.3, 0.4) is 0 Å². The number of carbonyl (C=O) groups is 1. The molecular weight excluding hydrogens is 308 g/mol. The van der Waals surface area contributed by atoms with Crippen molar-refractivity contribution >= 4 is 28.5 Å². The Hall–Kier alpha value is -2.51. The molecule has 0 spiro atoms. The predicted octanol–water partition coefficient (Wildman–Crippen LogP) is 2.92. The van der Waals surface area contributed by atoms with Crippen molar-refractivity contribution < 1.29 is 9.53 Å². The summed E-state index contributed by atoms with van der Waals surface area (Å²) in [6.07, 6.45) is 1.71. The molecule has 0 saturated heterocycles. The number of carbonyl (C=O) groups excluding carboxylic acids is 1. The number of aromatic nitrogens is 4. The highest BCUT2D eigenvalue weighted by molar-refractivity contribution is 6.05. The number of esters is 1. The predicted molar refractivity (Wildman–Crippen MR) is 93.3 cm³/mol. The largest absolute Gasteiger partial charge is 0.462 e. The lowest BCUT2D eigenvalue weighted by Crippen LogP contribution is -2.12. The first-order chi connectivity index (χ1) is 11.6. The van der Waals surface area contributed by atoms with Crippen molar-refractivity contribution in [3.05, 3.63) is 11.3 Å². The number of rotatable bonds is 7. The molecule has 0 atom stereocenters. The molecule has 0 aromatic carbocycles. The van der Waals surface area contributed by atoms with Crippen LogP contribution in [0.15, 0.2) is 5.10 Å². The fraction of sp³-hybridized carbons (Fsp3) is 0.562. The van der Waals surface area contributed by atoms with Gasteiger partial charge in [-0.15, -0.1) is 5.10 Å². The van der Waals surface area contributed by atoms with Crippen molar-refractivity contribution in [1.29, 1.82) is 0 Å². The van der Waals surface area contributed by atoms with Crippen molar-refractivity contribution in [3.63, 3.8) is 0 Å². The second-order valence-electron chi connectivity index (χ2n) is 5.24. The molecule has 2 aromatic rings. The molecule has 8 heteroatoms. The topological polar surface area (TPSA) is 94.3 Å². The van der Waals surface area contributed by atoms with Crippen LogP contribution in [0.2, 0.25) is 0 Å². The van der Waals surface area contributed by atoms with E-state index in [9.17, 15) is 4.79 Å². The molecule has 0 fully saturated rings. The van der Waals surface area contributed by atoms with Crippen LogP contribution in [0.1, 0.15) is 56.6 Å². The highest BCUT2D eigenvalue weighted by Gasteiger charge is 2.23. The molecule has 8 nitrogen and oxygen atoms in total. The molecule has 0 bridgehead atoms. The van der Waals surface area contributed by atoms with Crippen LogP contribution in [0, 0.1) is 6.92 Å². The van der Waals surface area contributed by atoms with E-state index in [1.165, 1.54) is 0 Å². The number of fused-ring (bicyclic) bond motifs is 1. The van der Waals surface area contributed by atoms with Crippen molar-refractivity contribution in [2.45, 2.75) is 54.0 Å². The first kappa shape index (κ1) is 17.8. The third-order valence-corrected chi connectivity index (χ3v) is 3.75. The lowest BCUT2D eigenvalue weighted by atomic mass is 10.1. The lowest BCUT2D eigenvalue weighted by Gasteiger charge is -2.11. The summed E-state index contributed by atoms with van der Waals surface area (Å²) in [6.45, 7) is 10.5. The van der Waals surface area contributed by atoms with Crippen molar-refractivity contribution in [1.82, 2.24) is 20.0 Å². The number of anilines is 1. The minimum absolute atomic E-state index is 0.300. The van der Waals surface area contributed by atoms with Crippen LogP contribution in [0.4, 0.5) is 5.82 Å². The molecule has 2 rings (SSSR count). The second kappa shape index (κ2) is 7.85. The Morgan fingerprint density at radius 2 is 1.96 bits per heavy atom. The molecule has 24 heavy (non-hydrogen) atoms. The Morgan fingerprint density at radius 1 is 1.25 bits per heavy atom. The normalized spacial score (nSPS) is 10.7. The van der Waals surface area contributed by atoms with E-state index < -0.39 is 5.97 Å². The van der Waals surface area contributed by atoms with Gasteiger partial charge in [0.15, 0.2) is 11.3 Å². The second-order valence-corrected chi connectivity index (χ2v) is 5.24. The standard InChI is InChI=1S/C16H24N6O2/c1-6-11(7-2)18-20-15-13-14(22(8-3)21-19-13)12(10(5)17-15)16(23)24-9-4/h6-9H2,1-5H3,(H,17,20). The van der Waals surface area contributed by atoms with Gasteiger partial charge in [0, 0.05) is 12.3 Å². The van der Waals surface area contributed by atoms with Crippen LogP contribution in [0.5, 0.6) is 0 Å². The summed E-state index contributed by atoms with van der Waals surface area (Å²) in [4.78, 5) is 16.8. The van der Waals surface area contributed by atoms with Gasteiger partial charge in [-0.05, 0) is 33.6 Å². The number of ether oxygens (including phenoxy) is 1. The van der Waals surface area contributed by atoms with Crippen molar-refractivity contribution in [2.75, 3.05) is 12.0 Å². The van der Waals surface area contributed by atoms with Gasteiger partial charge in [-0.2, -0.15) is 5.10 Å². The molecule has 0 aliphatic rings. The molecule has 0 aliphatic heterocycles. The molecule has 1 N–H and O–H groups in total. The van der Waals surface area contributed by atoms with Crippen LogP contribution in [-0.2, 0) is 11.3 Å². The molecule has 2 heterocycles. The molecule has 130 valence electrons. The lowest BCUT2D eigenvalue weighted by molar-refractivity contribution is 0.0527. The Kier molecular flexibility index (Phi) is 5.83. The Balaban J connectivity index is 2.60. The first-order valence-electron chi connectivity index (χ1n) is 8.29. The van der Waals surface area contributed by atoms with Gasteiger partial charge in [0.1, 0.15) is 11.1 Å². The fourth-order valence-corrected chi connectivity index (χ4v) is 2.45. The highest BCUT2D eigenvalue weighted by atomic mass is 16.5. The fourth-order valence-electron chi connectivity index (χ4n) is 2.45. The average Bonchev–Trinajstić information content (AvgIpc) is 2.99. The summed E-state index contributed by atoms with van der Waals surface area (Å²) < 4.78 is 6.84. The quantitative estimate of drug-likeness (QED) is 0.476. The Morgan fingerprint density at radius 3 is 2.54 bits per heavy atom. The molecule has 0 amide bonds. The zero-order valence-corrected chi connectivity index (χ0v) is 14.9. The molecule has 0 unspecified atom stereocenters. The van der Waals surface area contributed by atoms with E-state index in [4.69, 9.17) is 4.74 Å². The third kappa shape index (κ3) is 3.37. The summed E-state index contributed by atoms with van der Waals surface area (Å²) in [5, 5.41) is 12.7. The molecular formula is C16H24N6O2. The number of hydrogen-bond donors (Lipinski definition) is 1. The molecule has 0 saturated carbocycles. The summed E-state index contributed by atoms with van der Waals surface area (Å²) in [5.41, 5.74) is 6.10. The summed E-state index contributed by atoms with van der Waals surface area (Å²) >= 11 is 0. The minimum atomic E-state index is -0.414. The summed E-state index contributed by atoms with van der Waals surface area (Å²) in [6, 6.07) is 0. The van der Waals surface area contributed by atoms with Crippen molar-refractivity contribution in [3.8, 4) is 0 Å². The van der Waals surface area contributed by atoms with Gasteiger partial charge in [-0.25, -0.2) is 14.5 Å². The van der Waals surface area contributed by atoms with E-state index >= 15 is 0 Å². The van der Waals surface area contributed by atoms with E-state index in [1.54, 1.807) is 18.5 Å². The van der Waals surface area contributed by atoms with Gasteiger partial charge in [-0.3, -0.25) is 5.43 Å². The summed E-state index contributed by atoms with van der Waals surface area (Å²) in [5.74, 6) is 0.0806. The Labute approximate surface area is 141 Å². The van der Waals surface area contributed by atoms with Gasteiger partial charge < -0.3 is 4.74 Å². The van der Waals surface area contributed by atoms with Gasteiger partial charge in [0.2, 0.25) is 0 Å². The molecule has 0 aliphatic carbocycles. The summed E-state index contributed by atoms with van der Waals surface area (Å²) in [7, 11) is 0. The van der Waals surface area contributed by atoms with Crippen molar-refractivity contribution in [2.24, 2.45) is 5.10 Å². The number of hydrogen-bond acceptors (Lipinski definition) is 7. The number of nitrogens with zero attached hydrogens (tertiary/aromatic N) is 5. The average molecular weight is 332 g/mol. The molecule has 0 radical (unpaired) electrons. The van der Waals surface area contributed by atoms with Gasteiger partial charge in [-0.1, -0.05) is 19.1 Å². The van der Waals surface area contributed by atoms with E-state index in [0.29, 0.717) is 41.3 Å². The van der Waals surface area contributed by atoms with Gasteiger partial charge >= 0.3 is 5.97 Å². The van der Waals surface area contributed by atoms with Crippen LogP contribution in [0.25, 0.3) is 11.0 Å². The van der Waals surface area contributed by atoms with Crippen LogP contribution in [-0.4, -0.2) is 38.3 Å². The number of hydrazone groups is 1. The SMILES string of the molecule is CCOC(=O)c1c(C)nc(NN=C(CC)CC)c2nnn(CC)c12.